The van der Waals surface area contributed by atoms with E-state index in [0.29, 0.717) is 30.5 Å². The van der Waals surface area contributed by atoms with Crippen LogP contribution >= 0.6 is 11.8 Å². The molecule has 0 saturated heterocycles. The molecule has 1 aliphatic heterocycles. The lowest BCUT2D eigenvalue weighted by Crippen LogP contribution is -2.37. The van der Waals surface area contributed by atoms with E-state index in [4.69, 9.17) is 0 Å². The fourth-order valence-electron chi connectivity index (χ4n) is 3.63. The number of hydrogen-bond acceptors (Lipinski definition) is 6. The zero-order chi connectivity index (χ0) is 23.1. The first-order chi connectivity index (χ1) is 15.4. The number of carbonyl (C=O) groups is 4. The van der Waals surface area contributed by atoms with E-state index in [0.717, 1.165) is 30.4 Å². The van der Waals surface area contributed by atoms with Crippen LogP contribution in [-0.4, -0.2) is 56.0 Å². The highest BCUT2D eigenvalue weighted by molar-refractivity contribution is 8.14. The van der Waals surface area contributed by atoms with Gasteiger partial charge >= 0.3 is 0 Å². The molecule has 0 bridgehead atoms. The lowest BCUT2D eigenvalue weighted by molar-refractivity contribution is -0.121. The molecule has 0 aliphatic carbocycles. The summed E-state index contributed by atoms with van der Waals surface area (Å²) in [6.07, 6.45) is 6.01. The summed E-state index contributed by atoms with van der Waals surface area (Å²) in [7, 11) is 0. The van der Waals surface area contributed by atoms with E-state index in [2.05, 4.69) is 22.2 Å². The molecule has 2 N–H and O–H groups in total. The van der Waals surface area contributed by atoms with Gasteiger partial charge in [0.15, 0.2) is 5.12 Å². The molecule has 32 heavy (non-hydrogen) atoms. The number of carbonyl (C=O) groups excluding carboxylic acids is 4. The molecule has 0 radical (unpaired) electrons. The van der Waals surface area contributed by atoms with E-state index < -0.39 is 5.25 Å². The van der Waals surface area contributed by atoms with Crippen molar-refractivity contribution in [2.24, 2.45) is 5.92 Å². The van der Waals surface area contributed by atoms with E-state index in [1.54, 1.807) is 36.7 Å². The van der Waals surface area contributed by atoms with E-state index in [1.165, 1.54) is 11.8 Å². The van der Waals surface area contributed by atoms with Crippen LogP contribution in [-0.2, 0) is 16.0 Å². The molecule has 0 spiro atoms. The minimum absolute atomic E-state index is 0.142. The average Bonchev–Trinajstić information content (AvgIpc) is 3.38. The molecule has 9 heteroatoms. The number of fused-ring (bicyclic) bond motifs is 1. The van der Waals surface area contributed by atoms with Gasteiger partial charge in [0.2, 0.25) is 5.91 Å². The molecule has 2 aromatic rings. The number of H-pyrrole nitrogens is 1. The van der Waals surface area contributed by atoms with Crippen molar-refractivity contribution in [2.45, 2.75) is 44.8 Å². The predicted molar refractivity (Wildman–Crippen MR) is 122 cm³/mol. The normalized spacial score (nSPS) is 14.9. The van der Waals surface area contributed by atoms with Gasteiger partial charge in [0.1, 0.15) is 5.82 Å². The van der Waals surface area contributed by atoms with Gasteiger partial charge in [-0.2, -0.15) is 0 Å². The zero-order valence-corrected chi connectivity index (χ0v) is 19.1. The average molecular weight is 457 g/mol. The maximum absolute atomic E-state index is 12.7. The summed E-state index contributed by atoms with van der Waals surface area (Å²) < 4.78 is 0. The number of nitrogens with one attached hydrogen (secondary N) is 2. The van der Waals surface area contributed by atoms with E-state index in [1.807, 2.05) is 0 Å². The van der Waals surface area contributed by atoms with Gasteiger partial charge in [0.25, 0.3) is 11.8 Å². The van der Waals surface area contributed by atoms with E-state index in [-0.39, 0.29) is 35.3 Å². The first kappa shape index (κ1) is 23.7. The molecule has 3 amide bonds. The number of nitrogens with zero attached hydrogens (tertiary/aromatic N) is 2. The summed E-state index contributed by atoms with van der Waals surface area (Å²) in [5.41, 5.74) is 0.821. The fourth-order valence-corrected chi connectivity index (χ4v) is 4.50. The Morgan fingerprint density at radius 1 is 1.16 bits per heavy atom. The molecule has 1 aromatic heterocycles. The molecular formula is C23H28N4O4S. The monoisotopic (exact) mass is 456 g/mol. The molecule has 0 unspecified atom stereocenters. The van der Waals surface area contributed by atoms with Crippen LogP contribution in [0.15, 0.2) is 36.7 Å². The van der Waals surface area contributed by atoms with Crippen LogP contribution in [0.1, 0.15) is 59.7 Å². The van der Waals surface area contributed by atoms with Crippen LogP contribution in [0, 0.1) is 5.92 Å². The van der Waals surface area contributed by atoms with Crippen LogP contribution in [0.4, 0.5) is 0 Å². The number of imidazole rings is 1. The largest absolute Gasteiger partial charge is 0.355 e. The second-order valence-corrected chi connectivity index (χ2v) is 9.35. The number of thioether (sulfide) groups is 1. The van der Waals surface area contributed by atoms with Crippen molar-refractivity contribution in [3.8, 4) is 0 Å². The zero-order valence-electron chi connectivity index (χ0n) is 18.3. The van der Waals surface area contributed by atoms with Crippen molar-refractivity contribution in [3.63, 3.8) is 0 Å². The predicted octanol–water partition coefficient (Wildman–Crippen LogP) is 2.82. The van der Waals surface area contributed by atoms with Crippen LogP contribution < -0.4 is 5.32 Å². The Labute approximate surface area is 191 Å². The lowest BCUT2D eigenvalue weighted by Gasteiger charge is -2.19. The second kappa shape index (κ2) is 11.1. The molecule has 170 valence electrons. The Balaban J connectivity index is 1.47. The molecule has 8 nitrogen and oxygen atoms in total. The van der Waals surface area contributed by atoms with Crippen molar-refractivity contribution in [1.29, 1.82) is 0 Å². The summed E-state index contributed by atoms with van der Waals surface area (Å²) in [4.78, 5) is 57.8. The number of hydrogen-bond donors (Lipinski definition) is 2. The smallest absolute Gasteiger partial charge is 0.261 e. The highest BCUT2D eigenvalue weighted by Crippen LogP contribution is 2.24. The van der Waals surface area contributed by atoms with E-state index in [9.17, 15) is 19.2 Å². The third kappa shape index (κ3) is 6.06. The number of aromatic nitrogens is 2. The fraction of sp³-hybridized carbons (Fsp3) is 0.435. The van der Waals surface area contributed by atoms with Gasteiger partial charge in [-0.05, 0) is 37.3 Å². The van der Waals surface area contributed by atoms with Crippen LogP contribution in [0.25, 0.3) is 0 Å². The number of benzene rings is 1. The van der Waals surface area contributed by atoms with Gasteiger partial charge in [0.05, 0.1) is 16.4 Å². The number of aromatic amines is 1. The van der Waals surface area contributed by atoms with Crippen LogP contribution in [0.2, 0.25) is 0 Å². The van der Waals surface area contributed by atoms with E-state index >= 15 is 0 Å². The van der Waals surface area contributed by atoms with Gasteiger partial charge in [-0.1, -0.05) is 30.8 Å². The first-order valence-electron chi connectivity index (χ1n) is 10.7. The van der Waals surface area contributed by atoms with Crippen molar-refractivity contribution < 1.29 is 19.2 Å². The Hall–Kier alpha value is -2.94. The molecule has 2 atom stereocenters. The minimum Gasteiger partial charge on any atom is -0.355 e. The van der Waals surface area contributed by atoms with Crippen LogP contribution in [0.3, 0.4) is 0 Å². The van der Waals surface area contributed by atoms with Gasteiger partial charge in [-0.3, -0.25) is 24.1 Å². The molecule has 1 aromatic carbocycles. The highest BCUT2D eigenvalue weighted by atomic mass is 32.2. The maximum Gasteiger partial charge on any atom is 0.261 e. The third-order valence-electron chi connectivity index (χ3n) is 5.38. The summed E-state index contributed by atoms with van der Waals surface area (Å²) in [6.45, 7) is 4.21. The molecule has 1 aliphatic rings. The summed E-state index contributed by atoms with van der Waals surface area (Å²) in [5.74, 6) is 0.358. The van der Waals surface area contributed by atoms with Gasteiger partial charge in [-0.15, -0.1) is 0 Å². The minimum atomic E-state index is -0.556. The molecule has 0 fully saturated rings. The quantitative estimate of drug-likeness (QED) is 0.503. The van der Waals surface area contributed by atoms with Gasteiger partial charge in [-0.25, -0.2) is 4.98 Å². The standard InChI is InChI=1S/C23H28N4O4S/c1-15(9-10-20-24-11-12-25-20)14-26-21(29)19(32-16(2)28)8-5-13-27-22(30)17-6-3-4-7-18(17)23(27)31/h3-4,6-7,11-12,15,19H,5,8-10,13-14H2,1-2H3,(H,24,25)(H,26,29)/t15-,19+/m0/s1. The molecule has 0 saturated carbocycles. The molecular weight excluding hydrogens is 428 g/mol. The van der Waals surface area contributed by atoms with Gasteiger partial charge in [0, 0.05) is 38.8 Å². The summed E-state index contributed by atoms with van der Waals surface area (Å²) in [6, 6.07) is 6.74. The lowest BCUT2D eigenvalue weighted by atomic mass is 10.1. The summed E-state index contributed by atoms with van der Waals surface area (Å²) in [5, 5.41) is 2.24. The number of imide groups is 1. The number of amides is 3. The topological polar surface area (TPSA) is 112 Å². The Morgan fingerprint density at radius 2 is 1.84 bits per heavy atom. The Morgan fingerprint density at radius 3 is 2.44 bits per heavy atom. The SMILES string of the molecule is CC(=O)S[C@H](CCCN1C(=O)c2ccccc2C1=O)C(=O)NC[C@@H](C)CCc1ncc[nH]1. The number of rotatable bonds is 11. The van der Waals surface area contributed by atoms with Crippen molar-refractivity contribution in [1.82, 2.24) is 20.2 Å². The highest BCUT2D eigenvalue weighted by Gasteiger charge is 2.35. The summed E-state index contributed by atoms with van der Waals surface area (Å²) >= 11 is 0.988. The van der Waals surface area contributed by atoms with Crippen molar-refractivity contribution in [2.75, 3.05) is 13.1 Å². The molecule has 3 rings (SSSR count). The van der Waals surface area contributed by atoms with Crippen molar-refractivity contribution in [3.05, 3.63) is 53.6 Å². The Bertz CT molecular complexity index is 941. The Kier molecular flexibility index (Phi) is 8.21. The van der Waals surface area contributed by atoms with Crippen molar-refractivity contribution >= 4 is 34.6 Å². The second-order valence-electron chi connectivity index (χ2n) is 7.97. The number of aryl methyl sites for hydroxylation is 1. The van der Waals surface area contributed by atoms with Crippen LogP contribution in [0.5, 0.6) is 0 Å². The first-order valence-corrected chi connectivity index (χ1v) is 11.6. The third-order valence-corrected chi connectivity index (χ3v) is 6.45. The molecule has 2 heterocycles. The van der Waals surface area contributed by atoms with Gasteiger partial charge < -0.3 is 10.3 Å². The maximum atomic E-state index is 12.7.